The van der Waals surface area contributed by atoms with Gasteiger partial charge in [0.25, 0.3) is 0 Å². The Bertz CT molecular complexity index is 401. The zero-order valence-corrected chi connectivity index (χ0v) is 22.0. The number of unbranched alkanes of at least 4 members (excludes halogenated alkanes) is 13. The Labute approximate surface area is 189 Å². The van der Waals surface area contributed by atoms with E-state index in [-0.39, 0.29) is 0 Å². The van der Waals surface area contributed by atoms with Gasteiger partial charge in [-0.3, -0.25) is 4.57 Å². The van der Waals surface area contributed by atoms with Crippen molar-refractivity contribution in [2.75, 3.05) is 19.8 Å². The number of hydrogen-bond acceptors (Lipinski definition) is 4. The second kappa shape index (κ2) is 19.8. The number of rotatable bonds is 23. The van der Waals surface area contributed by atoms with E-state index in [1.807, 2.05) is 13.8 Å². The highest BCUT2D eigenvalue weighted by Crippen LogP contribution is 2.58. The van der Waals surface area contributed by atoms with E-state index in [4.69, 9.17) is 9.05 Å². The molecule has 0 aromatic carbocycles. The van der Waals surface area contributed by atoms with Crippen molar-refractivity contribution in [2.45, 2.75) is 143 Å². The Morgan fingerprint density at radius 3 is 1.37 bits per heavy atom. The van der Waals surface area contributed by atoms with E-state index < -0.39 is 12.9 Å². The predicted octanol–water partition coefficient (Wildman–Crippen LogP) is 8.84. The third-order valence-electron chi connectivity index (χ3n) is 5.79. The van der Waals surface area contributed by atoms with Crippen molar-refractivity contribution < 1.29 is 13.6 Å². The summed E-state index contributed by atoms with van der Waals surface area (Å²) in [5, 5.41) is 2.83. The summed E-state index contributed by atoms with van der Waals surface area (Å²) in [5.74, 6) is 0. The van der Waals surface area contributed by atoms with E-state index in [0.29, 0.717) is 13.2 Å². The van der Waals surface area contributed by atoms with E-state index in [1.165, 1.54) is 70.6 Å². The maximum Gasteiger partial charge on any atom is 0.349 e. The summed E-state index contributed by atoms with van der Waals surface area (Å²) in [7, 11) is -3.18. The zero-order chi connectivity index (χ0) is 22.6. The highest BCUT2D eigenvalue weighted by atomic mass is 31.2. The Morgan fingerprint density at radius 1 is 0.600 bits per heavy atom. The number of nitrogens with one attached hydrogen (secondary N) is 1. The van der Waals surface area contributed by atoms with E-state index in [2.05, 4.69) is 26.1 Å². The first-order valence-electron chi connectivity index (χ1n) is 13.1. The van der Waals surface area contributed by atoms with Gasteiger partial charge in [0.1, 0.15) is 5.28 Å². The summed E-state index contributed by atoms with van der Waals surface area (Å²) < 4.78 is 25.1. The molecule has 0 saturated heterocycles. The fourth-order valence-electron chi connectivity index (χ4n) is 3.48. The first-order chi connectivity index (χ1) is 14.4. The molecule has 0 atom stereocenters. The average molecular weight is 448 g/mol. The van der Waals surface area contributed by atoms with Crippen LogP contribution in [0.3, 0.4) is 0 Å². The van der Waals surface area contributed by atoms with Gasteiger partial charge in [-0.25, -0.2) is 0 Å². The van der Waals surface area contributed by atoms with Crippen LogP contribution in [0.2, 0.25) is 0 Å². The topological polar surface area (TPSA) is 47.6 Å². The van der Waals surface area contributed by atoms with Crippen LogP contribution in [-0.2, 0) is 13.6 Å². The van der Waals surface area contributed by atoms with Crippen molar-refractivity contribution in [3.8, 4) is 0 Å². The summed E-state index contributed by atoms with van der Waals surface area (Å²) in [6, 6.07) is 0. The molecule has 182 valence electrons. The molecule has 0 spiro atoms. The van der Waals surface area contributed by atoms with Gasteiger partial charge in [-0.2, -0.15) is 0 Å². The van der Waals surface area contributed by atoms with Crippen LogP contribution in [0.25, 0.3) is 0 Å². The summed E-state index contributed by atoms with van der Waals surface area (Å²) in [6.45, 7) is 12.3. The maximum absolute atomic E-state index is 13.4. The highest BCUT2D eigenvalue weighted by Gasteiger charge is 2.43. The lowest BCUT2D eigenvalue weighted by molar-refractivity contribution is 0.175. The van der Waals surface area contributed by atoms with Crippen LogP contribution in [-0.4, -0.2) is 25.0 Å². The minimum absolute atomic E-state index is 0.504. The second-order valence-electron chi connectivity index (χ2n) is 9.25. The summed E-state index contributed by atoms with van der Waals surface area (Å²) in [5.41, 5.74) is 0. The Balaban J connectivity index is 3.98. The molecule has 0 rings (SSSR count). The summed E-state index contributed by atoms with van der Waals surface area (Å²) >= 11 is 0. The predicted molar refractivity (Wildman–Crippen MR) is 132 cm³/mol. The first kappa shape index (κ1) is 30.1. The molecule has 0 aliphatic rings. The standard InChI is InChI=1S/C25H54NO3P/c1-6-9-12-13-14-15-16-17-18-19-20-21-22-26-25(4,5)30(27,28-23-10-7-2)29-24-11-8-3/h26H,6-24H2,1-5H3. The Hall–Kier alpha value is 0.110. The smallest absolute Gasteiger partial charge is 0.307 e. The molecule has 30 heavy (non-hydrogen) atoms. The molecule has 0 radical (unpaired) electrons. The Morgan fingerprint density at radius 2 is 0.967 bits per heavy atom. The van der Waals surface area contributed by atoms with Crippen LogP contribution in [0.5, 0.6) is 0 Å². The molecular weight excluding hydrogens is 393 g/mol. The van der Waals surface area contributed by atoms with Crippen LogP contribution >= 0.6 is 7.60 Å². The van der Waals surface area contributed by atoms with Gasteiger partial charge in [-0.05, 0) is 39.7 Å². The molecular formula is C25H54NO3P. The van der Waals surface area contributed by atoms with E-state index in [0.717, 1.165) is 38.6 Å². The molecule has 0 saturated carbocycles. The lowest BCUT2D eigenvalue weighted by atomic mass is 10.1. The molecule has 0 aliphatic carbocycles. The van der Waals surface area contributed by atoms with Crippen LogP contribution in [0.1, 0.15) is 137 Å². The van der Waals surface area contributed by atoms with Gasteiger partial charge in [-0.15, -0.1) is 0 Å². The fraction of sp³-hybridized carbons (Fsp3) is 1.00. The van der Waals surface area contributed by atoms with Crippen molar-refractivity contribution in [3.05, 3.63) is 0 Å². The van der Waals surface area contributed by atoms with Gasteiger partial charge < -0.3 is 14.4 Å². The third kappa shape index (κ3) is 15.0. The Kier molecular flexibility index (Phi) is 19.8. The van der Waals surface area contributed by atoms with Crippen LogP contribution < -0.4 is 5.32 Å². The van der Waals surface area contributed by atoms with Crippen molar-refractivity contribution >= 4 is 7.60 Å². The quantitative estimate of drug-likeness (QED) is 0.125. The minimum atomic E-state index is -3.18. The summed E-state index contributed by atoms with van der Waals surface area (Å²) in [6.07, 6.45) is 20.0. The largest absolute Gasteiger partial charge is 0.349 e. The van der Waals surface area contributed by atoms with Crippen molar-refractivity contribution in [1.29, 1.82) is 0 Å². The first-order valence-corrected chi connectivity index (χ1v) is 14.6. The van der Waals surface area contributed by atoms with Gasteiger partial charge in [0.2, 0.25) is 0 Å². The molecule has 1 N–H and O–H groups in total. The lowest BCUT2D eigenvalue weighted by Crippen LogP contribution is -2.41. The van der Waals surface area contributed by atoms with Crippen LogP contribution in [0, 0.1) is 0 Å². The fourth-order valence-corrected chi connectivity index (χ4v) is 5.24. The molecule has 0 heterocycles. The molecule has 0 fully saturated rings. The van der Waals surface area contributed by atoms with E-state index in [9.17, 15) is 4.57 Å². The molecule has 0 aromatic heterocycles. The monoisotopic (exact) mass is 447 g/mol. The van der Waals surface area contributed by atoms with E-state index in [1.54, 1.807) is 0 Å². The molecule has 0 bridgehead atoms. The molecule has 0 amide bonds. The normalized spacial score (nSPS) is 12.6. The van der Waals surface area contributed by atoms with Gasteiger partial charge >= 0.3 is 7.60 Å². The molecule has 5 heteroatoms. The van der Waals surface area contributed by atoms with Crippen molar-refractivity contribution in [2.24, 2.45) is 0 Å². The summed E-state index contributed by atoms with van der Waals surface area (Å²) in [4.78, 5) is 0. The third-order valence-corrected chi connectivity index (χ3v) is 8.36. The van der Waals surface area contributed by atoms with Crippen LogP contribution in [0.15, 0.2) is 0 Å². The van der Waals surface area contributed by atoms with Gasteiger partial charge in [0.15, 0.2) is 0 Å². The highest BCUT2D eigenvalue weighted by molar-refractivity contribution is 7.55. The molecule has 4 nitrogen and oxygen atoms in total. The average Bonchev–Trinajstić information content (AvgIpc) is 2.71. The van der Waals surface area contributed by atoms with E-state index >= 15 is 0 Å². The number of hydrogen-bond donors (Lipinski definition) is 1. The lowest BCUT2D eigenvalue weighted by Gasteiger charge is -2.34. The van der Waals surface area contributed by atoms with Crippen molar-refractivity contribution in [3.63, 3.8) is 0 Å². The van der Waals surface area contributed by atoms with Gasteiger partial charge in [-0.1, -0.05) is 104 Å². The van der Waals surface area contributed by atoms with Crippen molar-refractivity contribution in [1.82, 2.24) is 5.32 Å². The van der Waals surface area contributed by atoms with Gasteiger partial charge in [0.05, 0.1) is 13.2 Å². The van der Waals surface area contributed by atoms with Crippen LogP contribution in [0.4, 0.5) is 0 Å². The van der Waals surface area contributed by atoms with Gasteiger partial charge in [0, 0.05) is 0 Å². The molecule has 0 unspecified atom stereocenters. The minimum Gasteiger partial charge on any atom is -0.307 e. The maximum atomic E-state index is 13.4. The SMILES string of the molecule is CCCCCCCCCCCCCCNC(C)(C)P(=O)(OCCCC)OCCCC. The zero-order valence-electron chi connectivity index (χ0n) is 21.1. The molecule has 0 aromatic rings. The molecule has 0 aliphatic heterocycles. The second-order valence-corrected chi connectivity index (χ2v) is 11.9.